The van der Waals surface area contributed by atoms with Gasteiger partial charge in [0.25, 0.3) is 0 Å². The molecule has 1 N–H and O–H groups in total. The molecule has 0 amide bonds. The van der Waals surface area contributed by atoms with Crippen LogP contribution in [0.25, 0.3) is 0 Å². The molecule has 0 heterocycles. The summed E-state index contributed by atoms with van der Waals surface area (Å²) in [5, 5.41) is 3.35. The van der Waals surface area contributed by atoms with Gasteiger partial charge in [0.05, 0.1) is 12.9 Å². The topological polar surface area (TPSA) is 21.3 Å². The van der Waals surface area contributed by atoms with E-state index in [2.05, 4.69) is 36.2 Å². The number of hydrogen-bond donors (Lipinski definition) is 1. The molecule has 0 aliphatic rings. The molecule has 0 radical (unpaired) electrons. The van der Waals surface area contributed by atoms with Gasteiger partial charge in [0.1, 0.15) is 0 Å². The quantitative estimate of drug-likeness (QED) is 0.527. The van der Waals surface area contributed by atoms with Crippen LogP contribution < -0.4 is 5.32 Å². The number of nitrogens with one attached hydrogen (secondary N) is 1. The highest BCUT2D eigenvalue weighted by Crippen LogP contribution is 1.96. The molecular weight excluding hydrogens is 174 g/mol. The smallest absolute Gasteiger partial charge is 0.0885 e. The van der Waals surface area contributed by atoms with Crippen LogP contribution in [0.15, 0.2) is 43.2 Å². The Morgan fingerprint density at radius 2 is 2.07 bits per heavy atom. The first-order valence-corrected chi connectivity index (χ1v) is 4.90. The summed E-state index contributed by atoms with van der Waals surface area (Å²) in [6.07, 6.45) is 2.50. The van der Waals surface area contributed by atoms with Crippen LogP contribution in [0, 0.1) is 0 Å². The van der Waals surface area contributed by atoms with Gasteiger partial charge in [-0.05, 0) is 18.5 Å². The molecule has 0 atom stereocenters. The van der Waals surface area contributed by atoms with Crippen molar-refractivity contribution in [2.75, 3.05) is 13.2 Å². The summed E-state index contributed by atoms with van der Waals surface area (Å²) >= 11 is 0. The van der Waals surface area contributed by atoms with E-state index in [0.29, 0.717) is 0 Å². The molecule has 0 spiro atoms. The monoisotopic (exact) mass is 191 g/mol. The Morgan fingerprint density at radius 3 is 2.79 bits per heavy atom. The lowest BCUT2D eigenvalue weighted by Crippen LogP contribution is -2.15. The summed E-state index contributed by atoms with van der Waals surface area (Å²) in [5.74, 6) is 0. The summed E-state index contributed by atoms with van der Waals surface area (Å²) in [6, 6.07) is 10.4. The molecule has 14 heavy (non-hydrogen) atoms. The second-order valence-electron chi connectivity index (χ2n) is 3.05. The number of ether oxygens (including phenoxy) is 1. The van der Waals surface area contributed by atoms with Gasteiger partial charge >= 0.3 is 0 Å². The standard InChI is InChI=1S/C12H17NO/c1-2-14-10-6-9-13-11-12-7-4-3-5-8-12/h2-5,7-8,13H,1,6,9-11H2. The predicted octanol–water partition coefficient (Wildman–Crippen LogP) is 2.33. The Bertz CT molecular complexity index is 246. The molecule has 1 aromatic rings. The normalized spacial score (nSPS) is 9.71. The molecular formula is C12H17NO. The summed E-state index contributed by atoms with van der Waals surface area (Å²) in [6.45, 7) is 6.13. The molecule has 1 rings (SSSR count). The number of rotatable bonds is 7. The maximum atomic E-state index is 5.01. The highest BCUT2D eigenvalue weighted by molar-refractivity contribution is 5.14. The van der Waals surface area contributed by atoms with Gasteiger partial charge in [-0.1, -0.05) is 36.9 Å². The van der Waals surface area contributed by atoms with Crippen molar-refractivity contribution in [3.8, 4) is 0 Å². The summed E-state index contributed by atoms with van der Waals surface area (Å²) < 4.78 is 5.01. The van der Waals surface area contributed by atoms with Crippen LogP contribution in [0.4, 0.5) is 0 Å². The lowest BCUT2D eigenvalue weighted by molar-refractivity contribution is 0.244. The van der Waals surface area contributed by atoms with Crippen molar-refractivity contribution >= 4 is 0 Å². The third kappa shape index (κ3) is 4.67. The Balaban J connectivity index is 2.02. The first-order valence-electron chi connectivity index (χ1n) is 4.90. The molecule has 2 heteroatoms. The van der Waals surface area contributed by atoms with E-state index in [1.54, 1.807) is 0 Å². The van der Waals surface area contributed by atoms with Gasteiger partial charge < -0.3 is 10.1 Å². The molecule has 76 valence electrons. The minimum atomic E-state index is 0.741. The van der Waals surface area contributed by atoms with E-state index in [-0.39, 0.29) is 0 Å². The van der Waals surface area contributed by atoms with E-state index in [4.69, 9.17) is 4.74 Å². The van der Waals surface area contributed by atoms with Crippen molar-refractivity contribution in [1.82, 2.24) is 5.32 Å². The molecule has 0 aliphatic heterocycles. The average Bonchev–Trinajstić information content (AvgIpc) is 2.25. The second-order valence-corrected chi connectivity index (χ2v) is 3.05. The van der Waals surface area contributed by atoms with Crippen molar-refractivity contribution in [3.63, 3.8) is 0 Å². The molecule has 0 fully saturated rings. The zero-order chi connectivity index (χ0) is 10.1. The Morgan fingerprint density at radius 1 is 1.29 bits per heavy atom. The zero-order valence-corrected chi connectivity index (χ0v) is 8.41. The van der Waals surface area contributed by atoms with Crippen LogP contribution in [-0.4, -0.2) is 13.2 Å². The van der Waals surface area contributed by atoms with E-state index < -0.39 is 0 Å². The van der Waals surface area contributed by atoms with Crippen LogP contribution >= 0.6 is 0 Å². The largest absolute Gasteiger partial charge is 0.502 e. The van der Waals surface area contributed by atoms with Crippen LogP contribution in [0.1, 0.15) is 12.0 Å². The van der Waals surface area contributed by atoms with Crippen molar-refractivity contribution in [2.45, 2.75) is 13.0 Å². The zero-order valence-electron chi connectivity index (χ0n) is 8.41. The fourth-order valence-electron chi connectivity index (χ4n) is 1.19. The summed E-state index contributed by atoms with van der Waals surface area (Å²) in [5.41, 5.74) is 1.32. The Hall–Kier alpha value is -1.28. The van der Waals surface area contributed by atoms with Crippen LogP contribution in [0.2, 0.25) is 0 Å². The minimum absolute atomic E-state index is 0.741. The van der Waals surface area contributed by atoms with Crippen LogP contribution in [0.3, 0.4) is 0 Å². The first-order chi connectivity index (χ1) is 6.93. The molecule has 0 bridgehead atoms. The molecule has 0 aliphatic carbocycles. The number of benzene rings is 1. The lowest BCUT2D eigenvalue weighted by atomic mass is 10.2. The lowest BCUT2D eigenvalue weighted by Gasteiger charge is -2.04. The molecule has 1 aromatic carbocycles. The Kier molecular flexibility index (Phi) is 5.52. The average molecular weight is 191 g/mol. The maximum Gasteiger partial charge on any atom is 0.0885 e. The SMILES string of the molecule is C=COCCCNCc1ccccc1. The van der Waals surface area contributed by atoms with E-state index in [1.807, 2.05) is 6.07 Å². The van der Waals surface area contributed by atoms with E-state index in [1.165, 1.54) is 11.8 Å². The predicted molar refractivity (Wildman–Crippen MR) is 58.9 cm³/mol. The van der Waals surface area contributed by atoms with Gasteiger partial charge in [-0.3, -0.25) is 0 Å². The van der Waals surface area contributed by atoms with E-state index in [9.17, 15) is 0 Å². The van der Waals surface area contributed by atoms with Crippen molar-refractivity contribution in [3.05, 3.63) is 48.7 Å². The van der Waals surface area contributed by atoms with Crippen molar-refractivity contribution in [2.24, 2.45) is 0 Å². The maximum absolute atomic E-state index is 5.01. The summed E-state index contributed by atoms with van der Waals surface area (Å²) in [4.78, 5) is 0. The van der Waals surface area contributed by atoms with Gasteiger partial charge in [0.15, 0.2) is 0 Å². The van der Waals surface area contributed by atoms with Gasteiger partial charge in [0, 0.05) is 6.54 Å². The van der Waals surface area contributed by atoms with E-state index in [0.717, 1.165) is 26.1 Å². The van der Waals surface area contributed by atoms with Gasteiger partial charge in [0.2, 0.25) is 0 Å². The molecule has 0 saturated carbocycles. The second kappa shape index (κ2) is 7.15. The molecule has 2 nitrogen and oxygen atoms in total. The number of hydrogen-bond acceptors (Lipinski definition) is 2. The molecule has 0 unspecified atom stereocenters. The minimum Gasteiger partial charge on any atom is -0.502 e. The summed E-state index contributed by atoms with van der Waals surface area (Å²) in [7, 11) is 0. The van der Waals surface area contributed by atoms with Crippen LogP contribution in [0.5, 0.6) is 0 Å². The highest BCUT2D eigenvalue weighted by Gasteiger charge is 1.90. The van der Waals surface area contributed by atoms with E-state index >= 15 is 0 Å². The fourth-order valence-corrected chi connectivity index (χ4v) is 1.19. The van der Waals surface area contributed by atoms with Crippen LogP contribution in [-0.2, 0) is 11.3 Å². The third-order valence-corrected chi connectivity index (χ3v) is 1.91. The van der Waals surface area contributed by atoms with Gasteiger partial charge in [-0.2, -0.15) is 0 Å². The van der Waals surface area contributed by atoms with Crippen molar-refractivity contribution in [1.29, 1.82) is 0 Å². The molecule has 0 saturated heterocycles. The van der Waals surface area contributed by atoms with Gasteiger partial charge in [-0.15, -0.1) is 0 Å². The van der Waals surface area contributed by atoms with Gasteiger partial charge in [-0.25, -0.2) is 0 Å². The third-order valence-electron chi connectivity index (χ3n) is 1.91. The molecule has 0 aromatic heterocycles. The fraction of sp³-hybridized carbons (Fsp3) is 0.333. The highest BCUT2D eigenvalue weighted by atomic mass is 16.5. The van der Waals surface area contributed by atoms with Crippen molar-refractivity contribution < 1.29 is 4.74 Å². The Labute approximate surface area is 85.6 Å². The first kappa shape index (κ1) is 10.8.